The summed E-state index contributed by atoms with van der Waals surface area (Å²) >= 11 is 0. The molecule has 3 rings (SSSR count). The predicted octanol–water partition coefficient (Wildman–Crippen LogP) is 4.18. The van der Waals surface area contributed by atoms with Gasteiger partial charge in [-0.15, -0.1) is 0 Å². The third-order valence-electron chi connectivity index (χ3n) is 4.36. The number of carbonyl (C=O) groups is 1. The van der Waals surface area contributed by atoms with E-state index in [1.807, 2.05) is 0 Å². The Bertz CT molecular complexity index is 758. The molecule has 130 valence electrons. The van der Waals surface area contributed by atoms with Crippen LogP contribution in [0.5, 0.6) is 0 Å². The van der Waals surface area contributed by atoms with E-state index in [4.69, 9.17) is 4.74 Å². The van der Waals surface area contributed by atoms with Crippen LogP contribution >= 0.6 is 0 Å². The van der Waals surface area contributed by atoms with E-state index in [2.05, 4.69) is 5.10 Å². The van der Waals surface area contributed by atoms with E-state index in [1.165, 1.54) is 16.8 Å². The minimum atomic E-state index is -2.69. The van der Waals surface area contributed by atoms with Gasteiger partial charge in [-0.25, -0.2) is 18.0 Å². The van der Waals surface area contributed by atoms with E-state index in [9.17, 15) is 18.0 Å². The van der Waals surface area contributed by atoms with Crippen molar-refractivity contribution in [1.82, 2.24) is 9.78 Å². The number of hydrogen-bond acceptors (Lipinski definition) is 3. The zero-order valence-electron chi connectivity index (χ0n) is 13.4. The summed E-state index contributed by atoms with van der Waals surface area (Å²) in [6.07, 6.45) is 0.718. The molecule has 0 amide bonds. The van der Waals surface area contributed by atoms with Crippen molar-refractivity contribution < 1.29 is 22.7 Å². The Labute approximate surface area is 137 Å². The average Bonchev–Trinajstić information content (AvgIpc) is 2.86. The molecule has 1 aromatic heterocycles. The number of ether oxygens (including phenoxy) is 1. The fourth-order valence-electron chi connectivity index (χ4n) is 3.34. The van der Waals surface area contributed by atoms with Gasteiger partial charge < -0.3 is 4.74 Å². The van der Waals surface area contributed by atoms with Gasteiger partial charge in [0.15, 0.2) is 11.5 Å². The first kappa shape index (κ1) is 16.8. The van der Waals surface area contributed by atoms with Crippen molar-refractivity contribution in [1.29, 1.82) is 0 Å². The number of rotatable bonds is 4. The van der Waals surface area contributed by atoms with Crippen molar-refractivity contribution in [3.8, 4) is 0 Å². The van der Waals surface area contributed by atoms with E-state index in [1.54, 1.807) is 13.0 Å². The second-order valence-electron chi connectivity index (χ2n) is 6.21. The number of carbonyl (C=O) groups excluding carboxylic acids is 1. The first-order valence-electron chi connectivity index (χ1n) is 8.11. The van der Waals surface area contributed by atoms with E-state index in [-0.39, 0.29) is 43.1 Å². The number of hydrogen-bond donors (Lipinski definition) is 0. The second kappa shape index (κ2) is 6.45. The highest BCUT2D eigenvalue weighted by Gasteiger charge is 2.37. The normalized spacial score (nSPS) is 20.2. The maximum atomic E-state index is 14.0. The van der Waals surface area contributed by atoms with E-state index < -0.39 is 17.7 Å². The van der Waals surface area contributed by atoms with Crippen molar-refractivity contribution in [2.24, 2.45) is 5.92 Å². The minimum Gasteiger partial charge on any atom is -0.461 e. The molecule has 1 heterocycles. The molecule has 1 aliphatic carbocycles. The quantitative estimate of drug-likeness (QED) is 0.785. The van der Waals surface area contributed by atoms with Gasteiger partial charge in [0.1, 0.15) is 5.52 Å². The number of esters is 1. The lowest BCUT2D eigenvalue weighted by molar-refractivity contribution is -0.0552. The Hall–Kier alpha value is -2.05. The lowest BCUT2D eigenvalue weighted by Crippen LogP contribution is -2.29. The van der Waals surface area contributed by atoms with Crippen LogP contribution in [0, 0.1) is 11.7 Å². The maximum Gasteiger partial charge on any atom is 0.357 e. The first-order chi connectivity index (χ1) is 11.4. The summed E-state index contributed by atoms with van der Waals surface area (Å²) in [6.45, 7) is 1.99. The number of benzene rings is 1. The molecule has 0 spiro atoms. The molecule has 1 aromatic carbocycles. The van der Waals surface area contributed by atoms with Crippen LogP contribution in [0.1, 0.15) is 43.1 Å². The zero-order valence-corrected chi connectivity index (χ0v) is 13.4. The van der Waals surface area contributed by atoms with Gasteiger partial charge >= 0.3 is 5.97 Å². The molecule has 0 saturated heterocycles. The highest BCUT2D eigenvalue weighted by Crippen LogP contribution is 2.37. The van der Waals surface area contributed by atoms with Gasteiger partial charge in [0, 0.05) is 24.8 Å². The number of fused-ring (bicyclic) bond motifs is 1. The fourth-order valence-corrected chi connectivity index (χ4v) is 3.34. The molecule has 4 nitrogen and oxygen atoms in total. The van der Waals surface area contributed by atoms with Gasteiger partial charge in [-0.1, -0.05) is 12.1 Å². The summed E-state index contributed by atoms with van der Waals surface area (Å²) in [5.74, 6) is -4.16. The van der Waals surface area contributed by atoms with Crippen molar-refractivity contribution in [2.45, 2.75) is 45.1 Å². The van der Waals surface area contributed by atoms with Crippen LogP contribution in [0.3, 0.4) is 0 Å². The molecule has 1 aliphatic rings. The number of halogens is 3. The standard InChI is InChI=1S/C17H19F3N2O2/c1-2-24-16(23)15-12-6-3-7-13(18)14(12)21-22(15)10-11-5-4-8-17(19,20)9-11/h3,6-7,11H,2,4-5,8-10H2,1H3. The fraction of sp³-hybridized carbons (Fsp3) is 0.529. The van der Waals surface area contributed by atoms with E-state index in [0.29, 0.717) is 18.2 Å². The molecule has 2 aromatic rings. The molecule has 0 radical (unpaired) electrons. The molecule has 0 N–H and O–H groups in total. The highest BCUT2D eigenvalue weighted by atomic mass is 19.3. The first-order valence-corrected chi connectivity index (χ1v) is 8.11. The van der Waals surface area contributed by atoms with Gasteiger partial charge in [0.25, 0.3) is 0 Å². The van der Waals surface area contributed by atoms with E-state index in [0.717, 1.165) is 0 Å². The van der Waals surface area contributed by atoms with Gasteiger partial charge in [-0.2, -0.15) is 5.10 Å². The van der Waals surface area contributed by atoms with Gasteiger partial charge in [0.05, 0.1) is 6.61 Å². The highest BCUT2D eigenvalue weighted by molar-refractivity contribution is 6.02. The molecule has 1 unspecified atom stereocenters. The molecule has 1 saturated carbocycles. The van der Waals surface area contributed by atoms with Crippen LogP contribution in [-0.2, 0) is 11.3 Å². The predicted molar refractivity (Wildman–Crippen MR) is 82.6 cm³/mol. The van der Waals surface area contributed by atoms with Crippen LogP contribution in [-0.4, -0.2) is 28.3 Å². The lowest BCUT2D eigenvalue weighted by atomic mass is 9.86. The molecule has 7 heteroatoms. The van der Waals surface area contributed by atoms with Crippen molar-refractivity contribution >= 4 is 16.9 Å². The molecule has 24 heavy (non-hydrogen) atoms. The van der Waals surface area contributed by atoms with Crippen molar-refractivity contribution in [3.63, 3.8) is 0 Å². The third kappa shape index (κ3) is 3.25. The van der Waals surface area contributed by atoms with Gasteiger partial charge in [-0.3, -0.25) is 4.68 Å². The maximum absolute atomic E-state index is 14.0. The summed E-state index contributed by atoms with van der Waals surface area (Å²) in [4.78, 5) is 12.3. The zero-order chi connectivity index (χ0) is 17.3. The number of alkyl halides is 2. The lowest BCUT2D eigenvalue weighted by Gasteiger charge is -2.29. The Morgan fingerprint density at radius 2 is 2.25 bits per heavy atom. The Balaban J connectivity index is 1.98. The molecular weight excluding hydrogens is 321 g/mol. The van der Waals surface area contributed by atoms with Crippen LogP contribution in [0.4, 0.5) is 13.2 Å². The molecular formula is C17H19F3N2O2. The Kier molecular flexibility index (Phi) is 4.51. The molecule has 1 atom stereocenters. The van der Waals surface area contributed by atoms with Crippen molar-refractivity contribution in [2.75, 3.05) is 6.61 Å². The Morgan fingerprint density at radius 3 is 2.96 bits per heavy atom. The van der Waals surface area contributed by atoms with E-state index >= 15 is 0 Å². The van der Waals surface area contributed by atoms with Crippen molar-refractivity contribution in [3.05, 3.63) is 29.7 Å². The smallest absolute Gasteiger partial charge is 0.357 e. The summed E-state index contributed by atoms with van der Waals surface area (Å²) < 4.78 is 47.6. The number of nitrogens with zero attached hydrogens (tertiary/aromatic N) is 2. The Morgan fingerprint density at radius 1 is 1.46 bits per heavy atom. The second-order valence-corrected chi connectivity index (χ2v) is 6.21. The average molecular weight is 340 g/mol. The molecule has 0 aliphatic heterocycles. The summed E-state index contributed by atoms with van der Waals surface area (Å²) in [5.41, 5.74) is 0.184. The number of aromatic nitrogens is 2. The van der Waals surface area contributed by atoms with Crippen LogP contribution in [0.25, 0.3) is 10.9 Å². The molecule has 0 bridgehead atoms. The third-order valence-corrected chi connectivity index (χ3v) is 4.36. The largest absolute Gasteiger partial charge is 0.461 e. The summed E-state index contributed by atoms with van der Waals surface area (Å²) in [6, 6.07) is 4.33. The topological polar surface area (TPSA) is 44.1 Å². The molecule has 1 fully saturated rings. The SMILES string of the molecule is CCOC(=O)c1c2cccc(F)c2nn1CC1CCCC(F)(F)C1. The monoisotopic (exact) mass is 340 g/mol. The van der Waals surface area contributed by atoms with Crippen LogP contribution in [0.2, 0.25) is 0 Å². The van der Waals surface area contributed by atoms with Gasteiger partial charge in [0.2, 0.25) is 5.92 Å². The van der Waals surface area contributed by atoms with Crippen LogP contribution in [0.15, 0.2) is 18.2 Å². The summed E-state index contributed by atoms with van der Waals surface area (Å²) in [7, 11) is 0. The van der Waals surface area contributed by atoms with Gasteiger partial charge in [-0.05, 0) is 31.7 Å². The minimum absolute atomic E-state index is 0.0584. The van der Waals surface area contributed by atoms with Crippen LogP contribution < -0.4 is 0 Å². The summed E-state index contributed by atoms with van der Waals surface area (Å²) in [5, 5.41) is 4.50.